The highest BCUT2D eigenvalue weighted by Crippen LogP contribution is 2.26. The van der Waals surface area contributed by atoms with Crippen molar-refractivity contribution in [1.82, 2.24) is 4.98 Å². The first-order chi connectivity index (χ1) is 9.22. The van der Waals surface area contributed by atoms with E-state index in [2.05, 4.69) is 4.98 Å². The Kier molecular flexibility index (Phi) is 4.76. The third-order valence-corrected chi connectivity index (χ3v) is 3.61. The van der Waals surface area contributed by atoms with Crippen molar-refractivity contribution in [2.75, 3.05) is 13.7 Å². The van der Waals surface area contributed by atoms with E-state index in [1.807, 2.05) is 31.3 Å². The molecular weight excluding hydrogens is 260 g/mol. The summed E-state index contributed by atoms with van der Waals surface area (Å²) in [6.07, 6.45) is 2.63. The predicted molar refractivity (Wildman–Crippen MR) is 76.9 cm³/mol. The molecule has 0 amide bonds. The van der Waals surface area contributed by atoms with E-state index in [0.29, 0.717) is 13.2 Å². The number of ether oxygens (including phenoxy) is 2. The van der Waals surface area contributed by atoms with E-state index >= 15 is 0 Å². The van der Waals surface area contributed by atoms with Gasteiger partial charge < -0.3 is 15.2 Å². The Morgan fingerprint density at radius 2 is 2.21 bits per heavy atom. The molecule has 4 nitrogen and oxygen atoms in total. The molecular formula is C14H18N2O2S. The molecule has 0 aliphatic heterocycles. The average Bonchev–Trinajstić information content (AvgIpc) is 2.83. The molecule has 0 radical (unpaired) electrons. The van der Waals surface area contributed by atoms with Crippen molar-refractivity contribution in [2.24, 2.45) is 5.73 Å². The number of aryl methyl sites for hydroxylation is 1. The second-order valence-corrected chi connectivity index (χ2v) is 5.47. The van der Waals surface area contributed by atoms with E-state index in [0.717, 1.165) is 33.4 Å². The third-order valence-electron chi connectivity index (χ3n) is 2.72. The molecule has 5 heteroatoms. The summed E-state index contributed by atoms with van der Waals surface area (Å²) >= 11 is 1.65. The molecule has 0 bridgehead atoms. The van der Waals surface area contributed by atoms with E-state index in [1.54, 1.807) is 18.4 Å². The molecule has 0 saturated carbocycles. The molecule has 0 aliphatic carbocycles. The van der Waals surface area contributed by atoms with E-state index < -0.39 is 0 Å². The second kappa shape index (κ2) is 6.54. The van der Waals surface area contributed by atoms with Crippen LogP contribution >= 0.6 is 11.3 Å². The van der Waals surface area contributed by atoms with Gasteiger partial charge in [0.05, 0.1) is 17.0 Å². The summed E-state index contributed by atoms with van der Waals surface area (Å²) in [4.78, 5) is 5.33. The Labute approximate surface area is 117 Å². The summed E-state index contributed by atoms with van der Waals surface area (Å²) in [7, 11) is 1.65. The SMILES string of the molecule is COc1ccc(OCc2cnc(C)s2)c(CCN)c1. The van der Waals surface area contributed by atoms with Crippen LogP contribution < -0.4 is 15.2 Å². The summed E-state index contributed by atoms with van der Waals surface area (Å²) in [6.45, 7) is 3.11. The van der Waals surface area contributed by atoms with Gasteiger partial charge in [0.25, 0.3) is 0 Å². The normalized spacial score (nSPS) is 10.5. The van der Waals surface area contributed by atoms with Gasteiger partial charge in [0.2, 0.25) is 0 Å². The molecule has 102 valence electrons. The number of rotatable bonds is 6. The van der Waals surface area contributed by atoms with Gasteiger partial charge in [-0.25, -0.2) is 4.98 Å². The lowest BCUT2D eigenvalue weighted by molar-refractivity contribution is 0.305. The lowest BCUT2D eigenvalue weighted by Crippen LogP contribution is -2.05. The first-order valence-corrected chi connectivity index (χ1v) is 6.95. The van der Waals surface area contributed by atoms with Crippen molar-refractivity contribution in [3.63, 3.8) is 0 Å². The van der Waals surface area contributed by atoms with Crippen molar-refractivity contribution in [3.05, 3.63) is 39.8 Å². The lowest BCUT2D eigenvalue weighted by Gasteiger charge is -2.11. The molecule has 0 fully saturated rings. The molecule has 2 N–H and O–H groups in total. The molecule has 1 heterocycles. The fourth-order valence-electron chi connectivity index (χ4n) is 1.80. The minimum absolute atomic E-state index is 0.537. The van der Waals surface area contributed by atoms with Crippen molar-refractivity contribution in [1.29, 1.82) is 0 Å². The van der Waals surface area contributed by atoms with Gasteiger partial charge in [-0.05, 0) is 43.7 Å². The van der Waals surface area contributed by atoms with Crippen LogP contribution in [0.4, 0.5) is 0 Å². The molecule has 0 saturated heterocycles. The van der Waals surface area contributed by atoms with Crippen molar-refractivity contribution in [3.8, 4) is 11.5 Å². The third kappa shape index (κ3) is 3.68. The van der Waals surface area contributed by atoms with Crippen LogP contribution in [0.1, 0.15) is 15.4 Å². The summed E-state index contributed by atoms with van der Waals surface area (Å²) in [5, 5.41) is 1.05. The van der Waals surface area contributed by atoms with Gasteiger partial charge in [-0.15, -0.1) is 11.3 Å². The maximum absolute atomic E-state index is 5.85. The monoisotopic (exact) mass is 278 g/mol. The highest BCUT2D eigenvalue weighted by molar-refractivity contribution is 7.11. The van der Waals surface area contributed by atoms with Crippen LogP contribution in [0.25, 0.3) is 0 Å². The first kappa shape index (κ1) is 13.8. The van der Waals surface area contributed by atoms with Gasteiger partial charge in [0.15, 0.2) is 0 Å². The minimum atomic E-state index is 0.537. The molecule has 0 aliphatic rings. The van der Waals surface area contributed by atoms with Gasteiger partial charge >= 0.3 is 0 Å². The summed E-state index contributed by atoms with van der Waals surface area (Å²) in [5.41, 5.74) is 6.70. The molecule has 0 atom stereocenters. The van der Waals surface area contributed by atoms with Gasteiger partial charge in [0, 0.05) is 6.20 Å². The number of methoxy groups -OCH3 is 1. The molecule has 0 unspecified atom stereocenters. The van der Waals surface area contributed by atoms with Crippen molar-refractivity contribution in [2.45, 2.75) is 20.0 Å². The van der Waals surface area contributed by atoms with Crippen LogP contribution in [0.15, 0.2) is 24.4 Å². The highest BCUT2D eigenvalue weighted by atomic mass is 32.1. The quantitative estimate of drug-likeness (QED) is 0.882. The molecule has 1 aromatic heterocycles. The number of hydrogen-bond acceptors (Lipinski definition) is 5. The Morgan fingerprint density at radius 3 is 2.84 bits per heavy atom. The number of nitrogens with zero attached hydrogens (tertiary/aromatic N) is 1. The number of benzene rings is 1. The van der Waals surface area contributed by atoms with Crippen molar-refractivity contribution >= 4 is 11.3 Å². The zero-order chi connectivity index (χ0) is 13.7. The van der Waals surface area contributed by atoms with E-state index in [9.17, 15) is 0 Å². The maximum atomic E-state index is 5.85. The van der Waals surface area contributed by atoms with Gasteiger partial charge in [-0.1, -0.05) is 0 Å². The zero-order valence-corrected chi connectivity index (χ0v) is 12.0. The van der Waals surface area contributed by atoms with E-state index in [4.69, 9.17) is 15.2 Å². The fourth-order valence-corrected chi connectivity index (χ4v) is 2.50. The summed E-state index contributed by atoms with van der Waals surface area (Å²) in [5.74, 6) is 1.68. The highest BCUT2D eigenvalue weighted by Gasteiger charge is 2.06. The number of hydrogen-bond donors (Lipinski definition) is 1. The van der Waals surface area contributed by atoms with Gasteiger partial charge in [-0.3, -0.25) is 0 Å². The lowest BCUT2D eigenvalue weighted by atomic mass is 10.1. The topological polar surface area (TPSA) is 57.4 Å². The van der Waals surface area contributed by atoms with Gasteiger partial charge in [0.1, 0.15) is 18.1 Å². The smallest absolute Gasteiger partial charge is 0.124 e. The van der Waals surface area contributed by atoms with Crippen LogP contribution in [0.3, 0.4) is 0 Å². The molecule has 0 spiro atoms. The molecule has 2 rings (SSSR count). The molecule has 2 aromatic rings. The Balaban J connectivity index is 2.10. The second-order valence-electron chi connectivity index (χ2n) is 4.15. The van der Waals surface area contributed by atoms with Crippen LogP contribution in [-0.4, -0.2) is 18.6 Å². The summed E-state index contributed by atoms with van der Waals surface area (Å²) in [6, 6.07) is 5.80. The fraction of sp³-hybridized carbons (Fsp3) is 0.357. The van der Waals surface area contributed by atoms with Crippen LogP contribution in [0, 0.1) is 6.92 Å². The number of aromatic nitrogens is 1. The number of nitrogens with two attached hydrogens (primary N) is 1. The van der Waals surface area contributed by atoms with Crippen LogP contribution in [0.5, 0.6) is 11.5 Å². The van der Waals surface area contributed by atoms with Gasteiger partial charge in [-0.2, -0.15) is 0 Å². The average molecular weight is 278 g/mol. The molecule has 1 aromatic carbocycles. The maximum Gasteiger partial charge on any atom is 0.124 e. The Bertz CT molecular complexity index is 540. The predicted octanol–water partition coefficient (Wildman–Crippen LogP) is 2.54. The molecule has 19 heavy (non-hydrogen) atoms. The van der Waals surface area contributed by atoms with E-state index in [1.165, 1.54) is 0 Å². The van der Waals surface area contributed by atoms with Crippen LogP contribution in [-0.2, 0) is 13.0 Å². The van der Waals surface area contributed by atoms with E-state index in [-0.39, 0.29) is 0 Å². The largest absolute Gasteiger partial charge is 0.497 e. The summed E-state index contributed by atoms with van der Waals surface area (Å²) < 4.78 is 11.1. The minimum Gasteiger partial charge on any atom is -0.497 e. The van der Waals surface area contributed by atoms with Crippen molar-refractivity contribution < 1.29 is 9.47 Å². The first-order valence-electron chi connectivity index (χ1n) is 6.14. The standard InChI is InChI=1S/C14H18N2O2S/c1-10-16-8-13(19-10)9-18-14-4-3-12(17-2)7-11(14)5-6-15/h3-4,7-8H,5-6,9,15H2,1-2H3. The Hall–Kier alpha value is -1.59. The van der Waals surface area contributed by atoms with Crippen LogP contribution in [0.2, 0.25) is 0 Å². The Morgan fingerprint density at radius 1 is 1.37 bits per heavy atom. The zero-order valence-electron chi connectivity index (χ0n) is 11.2. The number of thiazole rings is 1.